The Bertz CT molecular complexity index is 142. The monoisotopic (exact) mass is 99.0 g/mol. The van der Waals surface area contributed by atoms with Gasteiger partial charge in [0.25, 0.3) is 5.95 Å². The lowest BCUT2D eigenvalue weighted by molar-refractivity contribution is 0.333. The topological polar surface area (TPSA) is 59.4 Å². The molecule has 0 radical (unpaired) electrons. The normalized spacial score (nSPS) is 9.14. The fourth-order valence-corrected chi connectivity index (χ4v) is 0.339. The molecule has 7 heavy (non-hydrogen) atoms. The van der Waals surface area contributed by atoms with Crippen LogP contribution in [-0.4, -0.2) is 5.11 Å². The van der Waals surface area contributed by atoms with Crippen LogP contribution in [0.2, 0.25) is 0 Å². The molecule has 0 saturated heterocycles. The second kappa shape index (κ2) is 1.18. The summed E-state index contributed by atoms with van der Waals surface area (Å²) in [4.78, 5) is 0. The highest BCUT2D eigenvalue weighted by molar-refractivity contribution is 5.36. The summed E-state index contributed by atoms with van der Waals surface area (Å²) in [6.45, 7) is 0. The lowest BCUT2D eigenvalue weighted by Gasteiger charge is -1.69. The van der Waals surface area contributed by atoms with Crippen LogP contribution in [0.1, 0.15) is 0 Å². The Labute approximate surface area is 40.4 Å². The van der Waals surface area contributed by atoms with Gasteiger partial charge in [-0.2, -0.15) is 0 Å². The first-order valence-corrected chi connectivity index (χ1v) is 1.82. The molecule has 0 aliphatic rings. The number of furan rings is 1. The van der Waals surface area contributed by atoms with Crippen LogP contribution in [-0.2, 0) is 0 Å². The standard InChI is InChI=1S/C4H5NO2/c5-3-1-4(6)7-2-3/h1-2,6H,5H2. The summed E-state index contributed by atoms with van der Waals surface area (Å²) in [5.41, 5.74) is 5.57. The average molecular weight is 99.1 g/mol. The lowest BCUT2D eigenvalue weighted by Crippen LogP contribution is -1.74. The van der Waals surface area contributed by atoms with Crippen LogP contribution in [0, 0.1) is 0 Å². The van der Waals surface area contributed by atoms with Gasteiger partial charge < -0.3 is 15.3 Å². The van der Waals surface area contributed by atoms with Gasteiger partial charge >= 0.3 is 0 Å². The predicted octanol–water partition coefficient (Wildman–Crippen LogP) is 0.567. The molecule has 1 heterocycles. The Balaban J connectivity index is 3.04. The first-order valence-electron chi connectivity index (χ1n) is 1.82. The molecule has 0 bridgehead atoms. The minimum absolute atomic E-state index is 0.141. The number of aromatic hydroxyl groups is 1. The van der Waals surface area contributed by atoms with E-state index in [-0.39, 0.29) is 5.95 Å². The molecule has 1 aromatic heterocycles. The Kier molecular flexibility index (Phi) is 0.685. The van der Waals surface area contributed by atoms with Gasteiger partial charge in [-0.25, -0.2) is 0 Å². The van der Waals surface area contributed by atoms with Gasteiger partial charge in [0.05, 0.1) is 5.69 Å². The fraction of sp³-hybridized carbons (Fsp3) is 0. The molecule has 0 amide bonds. The van der Waals surface area contributed by atoms with Crippen molar-refractivity contribution in [2.75, 3.05) is 5.73 Å². The number of hydrogen-bond donors (Lipinski definition) is 2. The van der Waals surface area contributed by atoms with E-state index in [1.165, 1.54) is 12.3 Å². The second-order valence-corrected chi connectivity index (χ2v) is 1.22. The zero-order valence-electron chi connectivity index (χ0n) is 3.59. The van der Waals surface area contributed by atoms with Crippen molar-refractivity contribution in [2.45, 2.75) is 0 Å². The first kappa shape index (κ1) is 4.05. The third-order valence-corrected chi connectivity index (χ3v) is 0.606. The molecule has 0 saturated carbocycles. The van der Waals surface area contributed by atoms with Crippen molar-refractivity contribution >= 4 is 5.69 Å². The molecule has 1 aromatic rings. The predicted molar refractivity (Wildman–Crippen MR) is 24.8 cm³/mol. The summed E-state index contributed by atoms with van der Waals surface area (Å²) < 4.78 is 4.39. The number of anilines is 1. The molecule has 0 aliphatic heterocycles. The van der Waals surface area contributed by atoms with Crippen molar-refractivity contribution in [3.8, 4) is 5.95 Å². The van der Waals surface area contributed by atoms with Crippen molar-refractivity contribution in [1.82, 2.24) is 0 Å². The van der Waals surface area contributed by atoms with E-state index in [0.29, 0.717) is 5.69 Å². The van der Waals surface area contributed by atoms with E-state index >= 15 is 0 Å². The van der Waals surface area contributed by atoms with Crippen molar-refractivity contribution in [3.63, 3.8) is 0 Å². The third-order valence-electron chi connectivity index (χ3n) is 0.606. The van der Waals surface area contributed by atoms with E-state index in [9.17, 15) is 0 Å². The van der Waals surface area contributed by atoms with Crippen LogP contribution >= 0.6 is 0 Å². The van der Waals surface area contributed by atoms with E-state index in [0.717, 1.165) is 0 Å². The van der Waals surface area contributed by atoms with Crippen molar-refractivity contribution in [2.24, 2.45) is 0 Å². The van der Waals surface area contributed by atoms with Crippen molar-refractivity contribution in [1.29, 1.82) is 0 Å². The molecule has 0 aromatic carbocycles. The van der Waals surface area contributed by atoms with Crippen LogP contribution in [0.15, 0.2) is 16.7 Å². The maximum absolute atomic E-state index is 8.41. The Morgan fingerprint density at radius 1 is 1.71 bits per heavy atom. The van der Waals surface area contributed by atoms with Gasteiger partial charge in [-0.1, -0.05) is 0 Å². The minimum atomic E-state index is -0.141. The van der Waals surface area contributed by atoms with Crippen LogP contribution in [0.4, 0.5) is 5.69 Å². The highest BCUT2D eigenvalue weighted by Crippen LogP contribution is 2.13. The van der Waals surface area contributed by atoms with Crippen LogP contribution in [0.25, 0.3) is 0 Å². The molecule has 38 valence electrons. The quantitative estimate of drug-likeness (QED) is 0.499. The fourth-order valence-electron chi connectivity index (χ4n) is 0.339. The van der Waals surface area contributed by atoms with Gasteiger partial charge in [-0.15, -0.1) is 0 Å². The lowest BCUT2D eigenvalue weighted by atomic mass is 10.6. The van der Waals surface area contributed by atoms with Crippen LogP contribution in [0.3, 0.4) is 0 Å². The maximum atomic E-state index is 8.41. The Morgan fingerprint density at radius 2 is 2.43 bits per heavy atom. The molecule has 3 nitrogen and oxygen atoms in total. The van der Waals surface area contributed by atoms with E-state index in [1.807, 2.05) is 0 Å². The van der Waals surface area contributed by atoms with Gasteiger partial charge in [-0.3, -0.25) is 0 Å². The molecule has 0 atom stereocenters. The van der Waals surface area contributed by atoms with Gasteiger partial charge in [0.15, 0.2) is 0 Å². The number of nitrogen functional groups attached to an aromatic ring is 1. The van der Waals surface area contributed by atoms with E-state index in [4.69, 9.17) is 10.8 Å². The number of hydrogen-bond acceptors (Lipinski definition) is 3. The summed E-state index contributed by atoms with van der Waals surface area (Å²) in [5.74, 6) is -0.141. The molecule has 0 unspecified atom stereocenters. The molecular weight excluding hydrogens is 94.0 g/mol. The highest BCUT2D eigenvalue weighted by Gasteiger charge is 1.89. The summed E-state index contributed by atoms with van der Waals surface area (Å²) in [6, 6.07) is 1.33. The second-order valence-electron chi connectivity index (χ2n) is 1.22. The van der Waals surface area contributed by atoms with E-state index in [2.05, 4.69) is 4.42 Å². The Hall–Kier alpha value is -1.12. The smallest absolute Gasteiger partial charge is 0.283 e. The van der Waals surface area contributed by atoms with Crippen LogP contribution in [0.5, 0.6) is 5.95 Å². The van der Waals surface area contributed by atoms with Crippen LogP contribution < -0.4 is 5.73 Å². The molecule has 0 spiro atoms. The zero-order valence-corrected chi connectivity index (χ0v) is 3.59. The molecule has 0 fully saturated rings. The summed E-state index contributed by atoms with van der Waals surface area (Å²) in [5, 5.41) is 8.41. The largest absolute Gasteiger partial charge is 0.481 e. The molecule has 1 rings (SSSR count). The number of nitrogens with two attached hydrogens (primary N) is 1. The van der Waals surface area contributed by atoms with Gasteiger partial charge in [0.1, 0.15) is 6.26 Å². The van der Waals surface area contributed by atoms with E-state index in [1.54, 1.807) is 0 Å². The highest BCUT2D eigenvalue weighted by atomic mass is 16.5. The SMILES string of the molecule is Nc1coc(O)c1. The third kappa shape index (κ3) is 0.652. The zero-order chi connectivity index (χ0) is 5.28. The summed E-state index contributed by atoms with van der Waals surface area (Å²) in [7, 11) is 0. The van der Waals surface area contributed by atoms with Crippen molar-refractivity contribution < 1.29 is 9.52 Å². The minimum Gasteiger partial charge on any atom is -0.481 e. The molecule has 3 heteroatoms. The first-order chi connectivity index (χ1) is 3.29. The van der Waals surface area contributed by atoms with E-state index < -0.39 is 0 Å². The van der Waals surface area contributed by atoms with Gasteiger partial charge in [0, 0.05) is 6.07 Å². The van der Waals surface area contributed by atoms with Crippen molar-refractivity contribution in [3.05, 3.63) is 12.3 Å². The van der Waals surface area contributed by atoms with Gasteiger partial charge in [-0.05, 0) is 0 Å². The Morgan fingerprint density at radius 3 is 2.57 bits per heavy atom. The molecular formula is C4H5NO2. The number of rotatable bonds is 0. The molecule has 0 aliphatic carbocycles. The average Bonchev–Trinajstić information content (AvgIpc) is 1.87. The molecule has 3 N–H and O–H groups in total. The van der Waals surface area contributed by atoms with Gasteiger partial charge in [0.2, 0.25) is 0 Å². The maximum Gasteiger partial charge on any atom is 0.283 e. The summed E-state index contributed by atoms with van der Waals surface area (Å²) in [6.07, 6.45) is 1.27. The summed E-state index contributed by atoms with van der Waals surface area (Å²) >= 11 is 0.